The van der Waals surface area contributed by atoms with Crippen molar-refractivity contribution in [2.75, 3.05) is 33.3 Å². The standard InChI is InChI=1S/C23H28N4O3/c1-26(9-7-20-4-2-3-8-24-20)15-17-5-6-21-19(12-17)16-27(10-11-30-21)23(29)18-13-22(28)25-14-18/h2-6,8,12,18H,7,9-11,13-16H2,1H3,(H,25,28)/t18-/m0/s1. The van der Waals surface area contributed by atoms with Crippen LogP contribution in [0.5, 0.6) is 5.75 Å². The Bertz CT molecular complexity index is 903. The lowest BCUT2D eigenvalue weighted by molar-refractivity contribution is -0.136. The highest BCUT2D eigenvalue weighted by Crippen LogP contribution is 2.26. The fourth-order valence-electron chi connectivity index (χ4n) is 4.01. The Hall–Kier alpha value is -2.93. The summed E-state index contributed by atoms with van der Waals surface area (Å²) in [6.45, 7) is 3.69. The van der Waals surface area contributed by atoms with Crippen LogP contribution in [0.4, 0.5) is 0 Å². The molecule has 158 valence electrons. The summed E-state index contributed by atoms with van der Waals surface area (Å²) < 4.78 is 5.88. The topological polar surface area (TPSA) is 74.8 Å². The molecule has 0 spiro atoms. The fourth-order valence-corrected chi connectivity index (χ4v) is 4.01. The Kier molecular flexibility index (Phi) is 6.28. The fraction of sp³-hybridized carbons (Fsp3) is 0.435. The van der Waals surface area contributed by atoms with E-state index in [0.29, 0.717) is 26.2 Å². The van der Waals surface area contributed by atoms with Gasteiger partial charge in [-0.15, -0.1) is 0 Å². The van der Waals surface area contributed by atoms with E-state index >= 15 is 0 Å². The Morgan fingerprint density at radius 2 is 2.23 bits per heavy atom. The highest BCUT2D eigenvalue weighted by Gasteiger charge is 2.32. The molecule has 1 aromatic heterocycles. The zero-order valence-corrected chi connectivity index (χ0v) is 17.3. The van der Waals surface area contributed by atoms with Gasteiger partial charge in [0, 0.05) is 56.5 Å². The lowest BCUT2D eigenvalue weighted by atomic mass is 10.1. The number of pyridine rings is 1. The van der Waals surface area contributed by atoms with Crippen LogP contribution in [0.15, 0.2) is 42.6 Å². The van der Waals surface area contributed by atoms with Crippen molar-refractivity contribution in [3.63, 3.8) is 0 Å². The number of hydrogen-bond acceptors (Lipinski definition) is 5. The molecule has 2 aliphatic rings. The van der Waals surface area contributed by atoms with Crippen molar-refractivity contribution in [2.45, 2.75) is 25.9 Å². The number of likely N-dealkylation sites (N-methyl/N-ethyl adjacent to an activating group) is 1. The molecule has 1 saturated heterocycles. The molecule has 1 atom stereocenters. The molecule has 1 aromatic carbocycles. The monoisotopic (exact) mass is 408 g/mol. The lowest BCUT2D eigenvalue weighted by Gasteiger charge is -2.23. The molecular formula is C23H28N4O3. The molecule has 2 aliphatic heterocycles. The number of hydrogen-bond donors (Lipinski definition) is 1. The summed E-state index contributed by atoms with van der Waals surface area (Å²) in [6.07, 6.45) is 3.01. The van der Waals surface area contributed by atoms with Crippen LogP contribution in [-0.2, 0) is 29.1 Å². The highest BCUT2D eigenvalue weighted by atomic mass is 16.5. The van der Waals surface area contributed by atoms with Crippen LogP contribution in [0.3, 0.4) is 0 Å². The van der Waals surface area contributed by atoms with Crippen LogP contribution < -0.4 is 10.1 Å². The van der Waals surface area contributed by atoms with Gasteiger partial charge in [0.05, 0.1) is 12.5 Å². The second-order valence-electron chi connectivity index (χ2n) is 8.06. The molecule has 1 N–H and O–H groups in total. The first-order valence-corrected chi connectivity index (χ1v) is 10.5. The third kappa shape index (κ3) is 4.97. The van der Waals surface area contributed by atoms with Gasteiger partial charge in [-0.1, -0.05) is 12.1 Å². The van der Waals surface area contributed by atoms with Crippen molar-refractivity contribution in [1.29, 1.82) is 0 Å². The van der Waals surface area contributed by atoms with Gasteiger partial charge in [-0.3, -0.25) is 14.6 Å². The van der Waals surface area contributed by atoms with Crippen molar-refractivity contribution in [3.05, 3.63) is 59.4 Å². The van der Waals surface area contributed by atoms with E-state index in [1.807, 2.05) is 35.4 Å². The number of rotatable bonds is 6. The number of ether oxygens (including phenoxy) is 1. The molecule has 1 fully saturated rings. The number of fused-ring (bicyclic) bond motifs is 1. The van der Waals surface area contributed by atoms with Crippen LogP contribution in [0.2, 0.25) is 0 Å². The molecule has 30 heavy (non-hydrogen) atoms. The maximum absolute atomic E-state index is 12.9. The molecule has 0 saturated carbocycles. The van der Waals surface area contributed by atoms with Crippen LogP contribution >= 0.6 is 0 Å². The van der Waals surface area contributed by atoms with Crippen molar-refractivity contribution in [3.8, 4) is 5.75 Å². The van der Waals surface area contributed by atoms with Gasteiger partial charge >= 0.3 is 0 Å². The maximum atomic E-state index is 12.9. The molecule has 7 heteroatoms. The van der Waals surface area contributed by atoms with E-state index < -0.39 is 0 Å². The molecule has 2 aromatic rings. The summed E-state index contributed by atoms with van der Waals surface area (Å²) in [7, 11) is 2.10. The Balaban J connectivity index is 1.39. The number of nitrogens with one attached hydrogen (secondary N) is 1. The number of benzene rings is 1. The van der Waals surface area contributed by atoms with E-state index in [2.05, 4.69) is 34.4 Å². The van der Waals surface area contributed by atoms with Gasteiger partial charge < -0.3 is 19.9 Å². The first-order valence-electron chi connectivity index (χ1n) is 10.5. The van der Waals surface area contributed by atoms with E-state index in [1.165, 1.54) is 5.56 Å². The summed E-state index contributed by atoms with van der Waals surface area (Å²) in [4.78, 5) is 32.8. The molecule has 7 nitrogen and oxygen atoms in total. The average molecular weight is 409 g/mol. The zero-order valence-electron chi connectivity index (χ0n) is 17.3. The quantitative estimate of drug-likeness (QED) is 0.786. The van der Waals surface area contributed by atoms with E-state index in [4.69, 9.17) is 4.74 Å². The first kappa shape index (κ1) is 20.3. The Labute approximate surface area is 177 Å². The molecule has 0 unspecified atom stereocenters. The van der Waals surface area contributed by atoms with Gasteiger partial charge in [0.25, 0.3) is 0 Å². The van der Waals surface area contributed by atoms with Crippen molar-refractivity contribution >= 4 is 11.8 Å². The predicted octanol–water partition coefficient (Wildman–Crippen LogP) is 1.61. The zero-order chi connectivity index (χ0) is 20.9. The van der Waals surface area contributed by atoms with Gasteiger partial charge in [-0.05, 0) is 36.9 Å². The number of amides is 2. The van der Waals surface area contributed by atoms with Crippen molar-refractivity contribution in [2.24, 2.45) is 5.92 Å². The summed E-state index contributed by atoms with van der Waals surface area (Å²) in [6, 6.07) is 12.2. The van der Waals surface area contributed by atoms with Gasteiger partial charge in [-0.2, -0.15) is 0 Å². The van der Waals surface area contributed by atoms with Crippen molar-refractivity contribution in [1.82, 2.24) is 20.1 Å². The van der Waals surface area contributed by atoms with Crippen LogP contribution in [0.1, 0.15) is 23.2 Å². The summed E-state index contributed by atoms with van der Waals surface area (Å²) >= 11 is 0. The van der Waals surface area contributed by atoms with E-state index in [0.717, 1.165) is 36.5 Å². The largest absolute Gasteiger partial charge is 0.491 e. The third-order valence-corrected chi connectivity index (χ3v) is 5.67. The molecule has 0 radical (unpaired) electrons. The summed E-state index contributed by atoms with van der Waals surface area (Å²) in [5, 5.41) is 2.75. The van der Waals surface area contributed by atoms with Gasteiger partial charge in [0.15, 0.2) is 0 Å². The van der Waals surface area contributed by atoms with Crippen LogP contribution in [0, 0.1) is 5.92 Å². The molecule has 0 aliphatic carbocycles. The second-order valence-corrected chi connectivity index (χ2v) is 8.06. The number of carbonyl (C=O) groups excluding carboxylic acids is 2. The Morgan fingerprint density at radius 1 is 1.33 bits per heavy atom. The van der Waals surface area contributed by atoms with Gasteiger partial charge in [-0.25, -0.2) is 0 Å². The molecule has 4 rings (SSSR count). The smallest absolute Gasteiger partial charge is 0.228 e. The number of carbonyl (C=O) groups is 2. The minimum atomic E-state index is -0.264. The minimum Gasteiger partial charge on any atom is -0.491 e. The molecule has 3 heterocycles. The van der Waals surface area contributed by atoms with Crippen LogP contribution in [-0.4, -0.2) is 59.9 Å². The average Bonchev–Trinajstić information content (AvgIpc) is 3.08. The molecule has 0 bridgehead atoms. The highest BCUT2D eigenvalue weighted by molar-refractivity contribution is 5.89. The number of aromatic nitrogens is 1. The summed E-state index contributed by atoms with van der Waals surface area (Å²) in [5.41, 5.74) is 3.30. The van der Waals surface area contributed by atoms with E-state index in [1.54, 1.807) is 0 Å². The first-order chi connectivity index (χ1) is 14.6. The molecule has 2 amide bonds. The van der Waals surface area contributed by atoms with E-state index in [-0.39, 0.29) is 24.2 Å². The summed E-state index contributed by atoms with van der Waals surface area (Å²) in [5.74, 6) is 0.560. The minimum absolute atomic E-state index is 0.0303. The molecular weight excluding hydrogens is 380 g/mol. The normalized spacial score (nSPS) is 18.5. The van der Waals surface area contributed by atoms with Crippen molar-refractivity contribution < 1.29 is 14.3 Å². The van der Waals surface area contributed by atoms with E-state index in [9.17, 15) is 9.59 Å². The van der Waals surface area contributed by atoms with Gasteiger partial charge in [0.1, 0.15) is 12.4 Å². The number of nitrogens with zero attached hydrogens (tertiary/aromatic N) is 3. The third-order valence-electron chi connectivity index (χ3n) is 5.67. The lowest BCUT2D eigenvalue weighted by Crippen LogP contribution is -2.38. The SMILES string of the molecule is CN(CCc1ccccn1)Cc1ccc2c(c1)CN(C(=O)[C@@H]1CNC(=O)C1)CCO2. The predicted molar refractivity (Wildman–Crippen MR) is 113 cm³/mol. The van der Waals surface area contributed by atoms with Gasteiger partial charge in [0.2, 0.25) is 11.8 Å². The Morgan fingerprint density at radius 3 is 3.00 bits per heavy atom. The maximum Gasteiger partial charge on any atom is 0.228 e. The van der Waals surface area contributed by atoms with Crippen LogP contribution in [0.25, 0.3) is 0 Å². The second kappa shape index (κ2) is 9.26.